The van der Waals surface area contributed by atoms with Crippen molar-refractivity contribution in [3.63, 3.8) is 0 Å². The molecule has 0 saturated carbocycles. The molecule has 1 aromatic carbocycles. The van der Waals surface area contributed by atoms with Crippen LogP contribution in [0.5, 0.6) is 5.75 Å². The van der Waals surface area contributed by atoms with E-state index in [1.165, 1.54) is 0 Å². The Balaban J connectivity index is 2.58. The SMILES string of the molecule is [O-][NH2+][C@H](CO)Cc1ccc(O)cc1. The van der Waals surface area contributed by atoms with Crippen molar-refractivity contribution in [3.05, 3.63) is 35.0 Å². The first-order valence-corrected chi connectivity index (χ1v) is 4.10. The van der Waals surface area contributed by atoms with Gasteiger partial charge < -0.3 is 20.9 Å². The summed E-state index contributed by atoms with van der Waals surface area (Å²) >= 11 is 0. The van der Waals surface area contributed by atoms with Gasteiger partial charge in [-0.25, -0.2) is 0 Å². The van der Waals surface area contributed by atoms with Gasteiger partial charge >= 0.3 is 0 Å². The Labute approximate surface area is 76.4 Å². The molecule has 4 nitrogen and oxygen atoms in total. The maximum atomic E-state index is 10.4. The molecular formula is C9H13NO3. The number of quaternary nitrogens is 1. The van der Waals surface area contributed by atoms with Gasteiger partial charge in [0, 0.05) is 6.42 Å². The Bertz CT molecular complexity index is 244. The first-order valence-electron chi connectivity index (χ1n) is 4.10. The minimum Gasteiger partial charge on any atom is -0.636 e. The first kappa shape index (κ1) is 9.98. The summed E-state index contributed by atoms with van der Waals surface area (Å²) in [4.78, 5) is 0. The van der Waals surface area contributed by atoms with Gasteiger partial charge in [-0.1, -0.05) is 12.1 Å². The molecule has 0 heterocycles. The number of hydrogen-bond acceptors (Lipinski definition) is 3. The summed E-state index contributed by atoms with van der Waals surface area (Å²) in [5.41, 5.74) is 1.68. The standard InChI is InChI=1S/C9H13NO3/c11-6-8(10-13)5-7-1-3-9(12)4-2-7/h1-4,8,11-12H,5-6,10H2/t8-/m0/s1. The third kappa shape index (κ3) is 3.02. The quantitative estimate of drug-likeness (QED) is 0.543. The smallest absolute Gasteiger partial charge is 0.115 e. The monoisotopic (exact) mass is 183 g/mol. The fraction of sp³-hybridized carbons (Fsp3) is 0.333. The Morgan fingerprint density at radius 3 is 2.38 bits per heavy atom. The van der Waals surface area contributed by atoms with Gasteiger partial charge in [0.2, 0.25) is 0 Å². The summed E-state index contributed by atoms with van der Waals surface area (Å²) in [5, 5.41) is 28.1. The van der Waals surface area contributed by atoms with E-state index in [-0.39, 0.29) is 18.4 Å². The molecule has 0 fully saturated rings. The lowest BCUT2D eigenvalue weighted by molar-refractivity contribution is -0.629. The molecule has 1 atom stereocenters. The maximum Gasteiger partial charge on any atom is 0.115 e. The second kappa shape index (κ2) is 4.81. The molecule has 0 spiro atoms. The number of aliphatic hydroxyl groups is 1. The Morgan fingerprint density at radius 1 is 1.31 bits per heavy atom. The van der Waals surface area contributed by atoms with Crippen molar-refractivity contribution >= 4 is 0 Å². The van der Waals surface area contributed by atoms with Gasteiger partial charge in [0.25, 0.3) is 0 Å². The minimum atomic E-state index is -0.343. The van der Waals surface area contributed by atoms with E-state index < -0.39 is 0 Å². The summed E-state index contributed by atoms with van der Waals surface area (Å²) < 4.78 is 0. The van der Waals surface area contributed by atoms with Gasteiger partial charge in [0.1, 0.15) is 11.8 Å². The van der Waals surface area contributed by atoms with Crippen LogP contribution in [0.15, 0.2) is 24.3 Å². The van der Waals surface area contributed by atoms with E-state index in [2.05, 4.69) is 0 Å². The zero-order valence-corrected chi connectivity index (χ0v) is 7.18. The molecule has 0 aliphatic carbocycles. The predicted octanol–water partition coefficient (Wildman–Crippen LogP) is -0.643. The molecule has 0 aromatic heterocycles. The topological polar surface area (TPSA) is 80.1 Å². The highest BCUT2D eigenvalue weighted by molar-refractivity contribution is 5.26. The van der Waals surface area contributed by atoms with Gasteiger partial charge in [0.05, 0.1) is 6.61 Å². The van der Waals surface area contributed by atoms with E-state index in [1.54, 1.807) is 24.3 Å². The molecule has 0 aliphatic heterocycles. The lowest BCUT2D eigenvalue weighted by Crippen LogP contribution is -2.85. The molecule has 0 radical (unpaired) electrons. The lowest BCUT2D eigenvalue weighted by atomic mass is 10.1. The molecule has 0 aliphatic rings. The molecule has 0 unspecified atom stereocenters. The number of phenols is 1. The highest BCUT2D eigenvalue weighted by Gasteiger charge is 2.06. The molecule has 0 bridgehead atoms. The van der Waals surface area contributed by atoms with E-state index in [0.29, 0.717) is 6.42 Å². The molecule has 72 valence electrons. The highest BCUT2D eigenvalue weighted by atomic mass is 16.5. The normalized spacial score (nSPS) is 12.8. The molecule has 1 aromatic rings. The third-order valence-electron chi connectivity index (χ3n) is 1.86. The van der Waals surface area contributed by atoms with Crippen LogP contribution in [0.4, 0.5) is 0 Å². The molecule has 1 rings (SSSR count). The molecule has 0 amide bonds. The van der Waals surface area contributed by atoms with Crippen LogP contribution < -0.4 is 5.48 Å². The average molecular weight is 183 g/mol. The van der Waals surface area contributed by atoms with Crippen molar-refractivity contribution in [2.75, 3.05) is 6.61 Å². The van der Waals surface area contributed by atoms with Crippen LogP contribution in [0.1, 0.15) is 5.56 Å². The van der Waals surface area contributed by atoms with Crippen molar-refractivity contribution in [1.29, 1.82) is 0 Å². The van der Waals surface area contributed by atoms with Crippen molar-refractivity contribution < 1.29 is 15.7 Å². The van der Waals surface area contributed by atoms with Crippen molar-refractivity contribution in [3.8, 4) is 5.75 Å². The largest absolute Gasteiger partial charge is 0.636 e. The predicted molar refractivity (Wildman–Crippen MR) is 48.0 cm³/mol. The van der Waals surface area contributed by atoms with Crippen LogP contribution in [0.25, 0.3) is 0 Å². The van der Waals surface area contributed by atoms with Gasteiger partial charge in [0.15, 0.2) is 0 Å². The number of aliphatic hydroxyl groups excluding tert-OH is 1. The average Bonchev–Trinajstić information content (AvgIpc) is 2.17. The van der Waals surface area contributed by atoms with Crippen molar-refractivity contribution in [2.24, 2.45) is 0 Å². The summed E-state index contributed by atoms with van der Waals surface area (Å²) in [6.07, 6.45) is 0.514. The van der Waals surface area contributed by atoms with Crippen molar-refractivity contribution in [1.82, 2.24) is 0 Å². The van der Waals surface area contributed by atoms with Crippen LogP contribution in [0, 0.1) is 5.21 Å². The number of phenolic OH excluding ortho intramolecular Hbond substituents is 1. The van der Waals surface area contributed by atoms with E-state index in [1.807, 2.05) is 0 Å². The summed E-state index contributed by atoms with van der Waals surface area (Å²) in [6.45, 7) is -0.135. The van der Waals surface area contributed by atoms with Crippen LogP contribution in [-0.4, -0.2) is 22.9 Å². The van der Waals surface area contributed by atoms with Gasteiger partial charge in [-0.15, -0.1) is 0 Å². The number of hydroxylamine groups is 1. The molecule has 13 heavy (non-hydrogen) atoms. The number of hydrogen-bond donors (Lipinski definition) is 3. The van der Waals surface area contributed by atoms with E-state index >= 15 is 0 Å². The molecule has 4 heteroatoms. The second-order valence-corrected chi connectivity index (χ2v) is 2.95. The van der Waals surface area contributed by atoms with Crippen LogP contribution in [0.3, 0.4) is 0 Å². The summed E-state index contributed by atoms with van der Waals surface area (Å²) in [6, 6.07) is 6.26. The lowest BCUT2D eigenvalue weighted by Gasteiger charge is -2.14. The van der Waals surface area contributed by atoms with Gasteiger partial charge in [-0.05, 0) is 17.7 Å². The fourth-order valence-electron chi connectivity index (χ4n) is 1.09. The van der Waals surface area contributed by atoms with Crippen LogP contribution >= 0.6 is 0 Å². The molecule has 4 N–H and O–H groups in total. The van der Waals surface area contributed by atoms with Crippen LogP contribution in [-0.2, 0) is 6.42 Å². The fourth-order valence-corrected chi connectivity index (χ4v) is 1.09. The van der Waals surface area contributed by atoms with E-state index in [0.717, 1.165) is 11.0 Å². The zero-order chi connectivity index (χ0) is 9.68. The second-order valence-electron chi connectivity index (χ2n) is 2.95. The molecular weight excluding hydrogens is 170 g/mol. The number of benzene rings is 1. The van der Waals surface area contributed by atoms with Crippen molar-refractivity contribution in [2.45, 2.75) is 12.5 Å². The number of rotatable bonds is 4. The third-order valence-corrected chi connectivity index (χ3v) is 1.86. The number of nitrogens with two attached hydrogens (primary N) is 1. The van der Waals surface area contributed by atoms with E-state index in [4.69, 9.17) is 10.2 Å². The first-order chi connectivity index (χ1) is 6.26. The highest BCUT2D eigenvalue weighted by Crippen LogP contribution is 2.10. The Kier molecular flexibility index (Phi) is 3.70. The van der Waals surface area contributed by atoms with E-state index in [9.17, 15) is 5.21 Å². The number of aromatic hydroxyl groups is 1. The maximum absolute atomic E-state index is 10.4. The molecule has 0 saturated heterocycles. The minimum absolute atomic E-state index is 0.135. The van der Waals surface area contributed by atoms with Gasteiger partial charge in [-0.2, -0.15) is 0 Å². The zero-order valence-electron chi connectivity index (χ0n) is 7.18. The Morgan fingerprint density at radius 2 is 1.92 bits per heavy atom. The van der Waals surface area contributed by atoms with Crippen LogP contribution in [0.2, 0.25) is 0 Å². The summed E-state index contributed by atoms with van der Waals surface area (Å²) in [7, 11) is 0. The summed E-state index contributed by atoms with van der Waals surface area (Å²) in [5.74, 6) is 0.204. The Hall–Kier alpha value is -1.10. The van der Waals surface area contributed by atoms with Gasteiger partial charge in [-0.3, -0.25) is 0 Å².